The first-order valence-electron chi connectivity index (χ1n) is 10.8. The molecular formula is C26H20BrClN2O3. The number of fused-ring (bicyclic) bond motifs is 2. The highest BCUT2D eigenvalue weighted by atomic mass is 79.9. The molecule has 3 aromatic carbocycles. The van der Waals surface area contributed by atoms with Crippen LogP contribution in [0.5, 0.6) is 11.5 Å². The lowest BCUT2D eigenvalue weighted by atomic mass is 9.78. The van der Waals surface area contributed by atoms with E-state index in [2.05, 4.69) is 26.6 Å². The number of hydrogen-bond acceptors (Lipinski definition) is 5. The van der Waals surface area contributed by atoms with Crippen LogP contribution >= 0.6 is 27.5 Å². The molecule has 0 radical (unpaired) electrons. The Hall–Kier alpha value is -2.96. The first kappa shape index (κ1) is 20.6. The number of hydrogen-bond donors (Lipinski definition) is 2. The fourth-order valence-electron chi connectivity index (χ4n) is 4.85. The summed E-state index contributed by atoms with van der Waals surface area (Å²) in [5, 5.41) is 7.88. The normalized spacial score (nSPS) is 21.0. The van der Waals surface area contributed by atoms with E-state index in [0.717, 1.165) is 44.7 Å². The predicted molar refractivity (Wildman–Crippen MR) is 132 cm³/mol. The van der Waals surface area contributed by atoms with E-state index in [4.69, 9.17) is 21.1 Å². The minimum absolute atomic E-state index is 0.0899. The molecule has 3 aromatic rings. The number of para-hydroxylation sites is 2. The third kappa shape index (κ3) is 3.67. The Morgan fingerprint density at radius 1 is 0.939 bits per heavy atom. The molecule has 2 heterocycles. The highest BCUT2D eigenvalue weighted by Crippen LogP contribution is 2.47. The Bertz CT molecular complexity index is 1310. The number of nitrogens with one attached hydrogen (secondary N) is 2. The lowest BCUT2D eigenvalue weighted by Crippen LogP contribution is -2.27. The van der Waals surface area contributed by atoms with Crippen LogP contribution in [0.2, 0.25) is 5.02 Å². The van der Waals surface area contributed by atoms with Crippen LogP contribution in [0.15, 0.2) is 76.4 Å². The van der Waals surface area contributed by atoms with Crippen molar-refractivity contribution in [3.63, 3.8) is 0 Å². The van der Waals surface area contributed by atoms with Gasteiger partial charge in [-0.1, -0.05) is 51.8 Å². The van der Waals surface area contributed by atoms with Crippen molar-refractivity contribution in [1.29, 1.82) is 0 Å². The van der Waals surface area contributed by atoms with Crippen molar-refractivity contribution in [3.05, 3.63) is 92.6 Å². The van der Waals surface area contributed by atoms with Crippen LogP contribution in [-0.2, 0) is 4.79 Å². The second kappa shape index (κ2) is 8.12. The van der Waals surface area contributed by atoms with E-state index in [-0.39, 0.29) is 24.5 Å². The summed E-state index contributed by atoms with van der Waals surface area (Å²) < 4.78 is 12.0. The first-order valence-corrected chi connectivity index (χ1v) is 12.0. The molecule has 1 aliphatic carbocycles. The van der Waals surface area contributed by atoms with Crippen molar-refractivity contribution in [3.8, 4) is 11.5 Å². The predicted octanol–water partition coefficient (Wildman–Crippen LogP) is 6.81. The maximum absolute atomic E-state index is 13.7. The number of allylic oxidation sites excluding steroid dienone is 1. The lowest BCUT2D eigenvalue weighted by Gasteiger charge is -2.30. The van der Waals surface area contributed by atoms with E-state index in [9.17, 15) is 4.79 Å². The SMILES string of the molecule is O=C1C[C@@H](c2ccc(Cl)cc2)CC2=C1[C@H](c1cc3c(cc1Br)OCO3)Nc1ccccc1N2. The molecule has 33 heavy (non-hydrogen) atoms. The van der Waals surface area contributed by atoms with E-state index in [0.29, 0.717) is 22.9 Å². The zero-order chi connectivity index (χ0) is 22.5. The van der Waals surface area contributed by atoms with Crippen molar-refractivity contribution < 1.29 is 14.3 Å². The van der Waals surface area contributed by atoms with Gasteiger partial charge in [0.25, 0.3) is 0 Å². The minimum Gasteiger partial charge on any atom is -0.454 e. The molecule has 2 atom stereocenters. The Morgan fingerprint density at radius 2 is 1.67 bits per heavy atom. The number of anilines is 2. The third-order valence-corrected chi connectivity index (χ3v) is 7.39. The van der Waals surface area contributed by atoms with E-state index < -0.39 is 0 Å². The molecule has 0 spiro atoms. The summed E-state index contributed by atoms with van der Waals surface area (Å²) in [6.45, 7) is 0.198. The molecule has 5 nitrogen and oxygen atoms in total. The zero-order valence-electron chi connectivity index (χ0n) is 17.5. The molecule has 6 rings (SSSR count). The van der Waals surface area contributed by atoms with E-state index in [1.165, 1.54) is 0 Å². The van der Waals surface area contributed by atoms with Gasteiger partial charge in [-0.15, -0.1) is 0 Å². The monoisotopic (exact) mass is 522 g/mol. The number of benzene rings is 3. The standard InChI is InChI=1S/C26H20BrClN2O3/c27-18-12-24-23(32-13-33-24)11-17(18)26-25-21(29-19-3-1-2-4-20(19)30-26)9-15(10-22(25)31)14-5-7-16(28)8-6-14/h1-8,11-12,15,26,29-30H,9-10,13H2/t15-,26-/m0/s1. The molecule has 0 amide bonds. The molecule has 2 N–H and O–H groups in total. The molecule has 0 saturated heterocycles. The van der Waals surface area contributed by atoms with Gasteiger partial charge in [0.15, 0.2) is 17.3 Å². The third-order valence-electron chi connectivity index (χ3n) is 6.45. The second-order valence-corrected chi connectivity index (χ2v) is 9.74. The summed E-state index contributed by atoms with van der Waals surface area (Å²) in [6, 6.07) is 19.4. The topological polar surface area (TPSA) is 59.6 Å². The fourth-order valence-corrected chi connectivity index (χ4v) is 5.53. The van der Waals surface area contributed by atoms with Crippen molar-refractivity contribution in [2.75, 3.05) is 17.4 Å². The molecule has 0 fully saturated rings. The average molecular weight is 524 g/mol. The largest absolute Gasteiger partial charge is 0.454 e. The summed E-state index contributed by atoms with van der Waals surface area (Å²) in [6.07, 6.45) is 1.18. The number of carbonyl (C=O) groups is 1. The van der Waals surface area contributed by atoms with Crippen molar-refractivity contribution >= 4 is 44.7 Å². The van der Waals surface area contributed by atoms with Gasteiger partial charge in [-0.05, 0) is 59.9 Å². The van der Waals surface area contributed by atoms with Gasteiger partial charge in [-0.2, -0.15) is 0 Å². The van der Waals surface area contributed by atoms with E-state index >= 15 is 0 Å². The van der Waals surface area contributed by atoms with Crippen LogP contribution in [0.4, 0.5) is 11.4 Å². The van der Waals surface area contributed by atoms with Gasteiger partial charge in [0.1, 0.15) is 0 Å². The molecule has 0 unspecified atom stereocenters. The number of Topliss-reactive ketones (excluding diaryl/α,β-unsaturated/α-hetero) is 1. The Balaban J connectivity index is 1.47. The first-order chi connectivity index (χ1) is 16.1. The fraction of sp³-hybridized carbons (Fsp3) is 0.192. The highest BCUT2D eigenvalue weighted by Gasteiger charge is 2.37. The highest BCUT2D eigenvalue weighted by molar-refractivity contribution is 9.10. The van der Waals surface area contributed by atoms with Gasteiger partial charge in [0.05, 0.1) is 17.4 Å². The molecule has 0 bridgehead atoms. The number of halogens is 2. The molecule has 0 aromatic heterocycles. The lowest BCUT2D eigenvalue weighted by molar-refractivity contribution is -0.116. The van der Waals surface area contributed by atoms with E-state index in [1.807, 2.05) is 60.7 Å². The van der Waals surface area contributed by atoms with Crippen LogP contribution in [0.3, 0.4) is 0 Å². The average Bonchev–Trinajstić information content (AvgIpc) is 3.18. The number of carbonyl (C=O) groups excluding carboxylic acids is 1. The van der Waals surface area contributed by atoms with Crippen molar-refractivity contribution in [2.45, 2.75) is 24.8 Å². The zero-order valence-corrected chi connectivity index (χ0v) is 19.9. The molecule has 2 aliphatic heterocycles. The molecule has 7 heteroatoms. The quantitative estimate of drug-likeness (QED) is 0.386. The summed E-state index contributed by atoms with van der Waals surface area (Å²) in [5.74, 6) is 1.60. The Morgan fingerprint density at radius 3 is 2.45 bits per heavy atom. The maximum Gasteiger partial charge on any atom is 0.231 e. The Labute approximate surface area is 204 Å². The number of ether oxygens (including phenoxy) is 2. The van der Waals surface area contributed by atoms with Gasteiger partial charge in [-0.3, -0.25) is 4.79 Å². The van der Waals surface area contributed by atoms with Crippen LogP contribution in [-0.4, -0.2) is 12.6 Å². The Kier molecular flexibility index (Phi) is 5.07. The minimum atomic E-state index is -0.335. The van der Waals surface area contributed by atoms with Crippen molar-refractivity contribution in [1.82, 2.24) is 0 Å². The van der Waals surface area contributed by atoms with Gasteiger partial charge < -0.3 is 20.1 Å². The molecular weight excluding hydrogens is 504 g/mol. The maximum atomic E-state index is 13.7. The summed E-state index contributed by atoms with van der Waals surface area (Å²) >= 11 is 9.79. The smallest absolute Gasteiger partial charge is 0.231 e. The summed E-state index contributed by atoms with van der Waals surface area (Å²) in [5.41, 5.74) is 5.65. The van der Waals surface area contributed by atoms with Gasteiger partial charge in [-0.25, -0.2) is 0 Å². The van der Waals surface area contributed by atoms with E-state index in [1.54, 1.807) is 0 Å². The number of ketones is 1. The van der Waals surface area contributed by atoms with Gasteiger partial charge in [0, 0.05) is 27.2 Å². The summed E-state index contributed by atoms with van der Waals surface area (Å²) in [7, 11) is 0. The van der Waals surface area contributed by atoms with Gasteiger partial charge >= 0.3 is 0 Å². The number of rotatable bonds is 2. The molecule has 0 saturated carbocycles. The van der Waals surface area contributed by atoms with Crippen LogP contribution in [0.1, 0.15) is 35.9 Å². The molecule has 3 aliphatic rings. The summed E-state index contributed by atoms with van der Waals surface area (Å²) in [4.78, 5) is 13.7. The van der Waals surface area contributed by atoms with Gasteiger partial charge in [0.2, 0.25) is 6.79 Å². The van der Waals surface area contributed by atoms with Crippen LogP contribution < -0.4 is 20.1 Å². The van der Waals surface area contributed by atoms with Crippen molar-refractivity contribution in [2.24, 2.45) is 0 Å². The molecule has 166 valence electrons. The second-order valence-electron chi connectivity index (χ2n) is 8.45. The van der Waals surface area contributed by atoms with Crippen LogP contribution in [0.25, 0.3) is 0 Å². The van der Waals surface area contributed by atoms with Crippen LogP contribution in [0, 0.1) is 0 Å².